The molecule has 1 rings (SSSR count). The van der Waals surface area contributed by atoms with Crippen LogP contribution in [0.3, 0.4) is 0 Å². The van der Waals surface area contributed by atoms with Gasteiger partial charge in [-0.1, -0.05) is 6.07 Å². The Kier molecular flexibility index (Phi) is 4.13. The highest BCUT2D eigenvalue weighted by atomic mass is 32.2. The number of nitrogen functional groups attached to an aromatic ring is 1. The van der Waals surface area contributed by atoms with E-state index in [0.717, 1.165) is 17.2 Å². The minimum Gasteiger partial charge on any atom is -0.384 e. The molecule has 68 valence electrons. The zero-order valence-corrected chi connectivity index (χ0v) is 8.05. The maximum atomic E-state index is 8.31. The largest absolute Gasteiger partial charge is 0.384 e. The van der Waals surface area contributed by atoms with E-state index in [9.17, 15) is 0 Å². The van der Waals surface area contributed by atoms with Crippen LogP contribution in [0.25, 0.3) is 0 Å². The fourth-order valence-corrected chi connectivity index (χ4v) is 1.68. The molecule has 0 aliphatic carbocycles. The summed E-state index contributed by atoms with van der Waals surface area (Å²) in [5.74, 6) is 1.47. The summed E-state index contributed by atoms with van der Waals surface area (Å²) in [6.07, 6.45) is 1.51. The molecule has 0 aliphatic rings. The normalized spacial score (nSPS) is 9.46. The van der Waals surface area contributed by atoms with E-state index in [2.05, 4.69) is 11.1 Å². The minimum atomic E-state index is 0.547. The lowest BCUT2D eigenvalue weighted by molar-refractivity contribution is 0.977. The van der Waals surface area contributed by atoms with E-state index in [1.807, 2.05) is 12.1 Å². The highest BCUT2D eigenvalue weighted by Gasteiger charge is 1.95. The van der Waals surface area contributed by atoms with Crippen LogP contribution >= 0.6 is 11.8 Å². The molecule has 0 aliphatic heterocycles. The molecule has 4 heteroatoms. The minimum absolute atomic E-state index is 0.547. The number of pyridine rings is 1. The molecule has 0 atom stereocenters. The van der Waals surface area contributed by atoms with Crippen LogP contribution in [0, 0.1) is 11.3 Å². The first-order valence-electron chi connectivity index (χ1n) is 4.05. The number of unbranched alkanes of at least 4 members (excludes halogenated alkanes) is 1. The third kappa shape index (κ3) is 3.81. The highest BCUT2D eigenvalue weighted by Crippen LogP contribution is 2.17. The van der Waals surface area contributed by atoms with E-state index in [-0.39, 0.29) is 0 Å². The molecule has 0 amide bonds. The number of nitrogens with zero attached hydrogens (tertiary/aromatic N) is 2. The van der Waals surface area contributed by atoms with Crippen LogP contribution in [0.5, 0.6) is 0 Å². The molecule has 1 aromatic rings. The van der Waals surface area contributed by atoms with Gasteiger partial charge in [0, 0.05) is 12.2 Å². The number of thioether (sulfide) groups is 1. The van der Waals surface area contributed by atoms with E-state index in [0.29, 0.717) is 12.2 Å². The van der Waals surface area contributed by atoms with E-state index >= 15 is 0 Å². The van der Waals surface area contributed by atoms with Gasteiger partial charge in [-0.25, -0.2) is 4.98 Å². The second-order valence-corrected chi connectivity index (χ2v) is 3.63. The van der Waals surface area contributed by atoms with E-state index in [1.54, 1.807) is 17.8 Å². The molecule has 3 nitrogen and oxygen atoms in total. The lowest BCUT2D eigenvalue weighted by Crippen LogP contribution is -1.90. The number of nitriles is 1. The third-order valence-electron chi connectivity index (χ3n) is 1.43. The number of hydrogen-bond donors (Lipinski definition) is 1. The van der Waals surface area contributed by atoms with Crippen LogP contribution in [0.4, 0.5) is 5.82 Å². The van der Waals surface area contributed by atoms with Crippen molar-refractivity contribution in [3.8, 4) is 6.07 Å². The van der Waals surface area contributed by atoms with Gasteiger partial charge in [0.05, 0.1) is 11.1 Å². The summed E-state index contributed by atoms with van der Waals surface area (Å²) >= 11 is 1.63. The zero-order chi connectivity index (χ0) is 9.52. The summed E-state index contributed by atoms with van der Waals surface area (Å²) in [5.41, 5.74) is 5.51. The summed E-state index contributed by atoms with van der Waals surface area (Å²) in [5, 5.41) is 9.24. The Bertz CT molecular complexity index is 306. The molecule has 2 N–H and O–H groups in total. The molecule has 0 unspecified atom stereocenters. The fraction of sp³-hybridized carbons (Fsp3) is 0.333. The van der Waals surface area contributed by atoms with Crippen molar-refractivity contribution in [2.24, 2.45) is 0 Å². The van der Waals surface area contributed by atoms with Gasteiger partial charge in [-0.3, -0.25) is 0 Å². The molecule has 1 aromatic heterocycles. The van der Waals surface area contributed by atoms with Gasteiger partial charge in [0.15, 0.2) is 0 Å². The van der Waals surface area contributed by atoms with Gasteiger partial charge in [0.2, 0.25) is 0 Å². The standard InChI is InChI=1S/C9H11N3S/c10-6-1-2-7-13-9-5-3-4-8(11)12-9/h3-5H,1-2,7H2,(H2,11,12). The van der Waals surface area contributed by atoms with Gasteiger partial charge >= 0.3 is 0 Å². The molecule has 0 fully saturated rings. The SMILES string of the molecule is N#CCCCSc1cccc(N)n1. The van der Waals surface area contributed by atoms with Crippen molar-refractivity contribution in [3.63, 3.8) is 0 Å². The van der Waals surface area contributed by atoms with Crippen LogP contribution in [0.2, 0.25) is 0 Å². The average molecular weight is 193 g/mol. The monoisotopic (exact) mass is 193 g/mol. The van der Waals surface area contributed by atoms with Gasteiger partial charge in [-0.15, -0.1) is 11.8 Å². The Morgan fingerprint density at radius 1 is 1.54 bits per heavy atom. The van der Waals surface area contributed by atoms with Gasteiger partial charge in [0.1, 0.15) is 5.82 Å². The number of nitrogens with two attached hydrogens (primary N) is 1. The summed E-state index contributed by atoms with van der Waals surface area (Å²) in [4.78, 5) is 4.13. The molecule has 0 radical (unpaired) electrons. The lowest BCUT2D eigenvalue weighted by atomic mass is 10.4. The number of anilines is 1. The summed E-state index contributed by atoms with van der Waals surface area (Å²) < 4.78 is 0. The molecule has 0 aromatic carbocycles. The number of rotatable bonds is 4. The zero-order valence-electron chi connectivity index (χ0n) is 7.23. The van der Waals surface area contributed by atoms with Crippen LogP contribution < -0.4 is 5.73 Å². The Labute approximate surface area is 82.0 Å². The topological polar surface area (TPSA) is 62.7 Å². The first kappa shape index (κ1) is 9.87. The van der Waals surface area contributed by atoms with Crippen LogP contribution in [-0.4, -0.2) is 10.7 Å². The van der Waals surface area contributed by atoms with E-state index < -0.39 is 0 Å². The molecule has 0 saturated heterocycles. The Balaban J connectivity index is 2.33. The van der Waals surface area contributed by atoms with Crippen molar-refractivity contribution >= 4 is 17.6 Å². The van der Waals surface area contributed by atoms with Crippen molar-refractivity contribution in [1.29, 1.82) is 5.26 Å². The maximum Gasteiger partial charge on any atom is 0.124 e. The number of aromatic nitrogens is 1. The second kappa shape index (κ2) is 5.44. The van der Waals surface area contributed by atoms with Crippen LogP contribution in [0.15, 0.2) is 23.2 Å². The quantitative estimate of drug-likeness (QED) is 0.587. The van der Waals surface area contributed by atoms with Gasteiger partial charge in [-0.05, 0) is 18.6 Å². The van der Waals surface area contributed by atoms with Crippen molar-refractivity contribution in [2.45, 2.75) is 17.9 Å². The van der Waals surface area contributed by atoms with Gasteiger partial charge in [-0.2, -0.15) is 5.26 Å². The first-order valence-corrected chi connectivity index (χ1v) is 5.04. The predicted octanol–water partition coefficient (Wildman–Crippen LogP) is 2.06. The first-order chi connectivity index (χ1) is 6.33. The van der Waals surface area contributed by atoms with Crippen LogP contribution in [-0.2, 0) is 0 Å². The molecule has 0 bridgehead atoms. The highest BCUT2D eigenvalue weighted by molar-refractivity contribution is 7.99. The number of hydrogen-bond acceptors (Lipinski definition) is 4. The van der Waals surface area contributed by atoms with Crippen molar-refractivity contribution in [2.75, 3.05) is 11.5 Å². The molecule has 1 heterocycles. The van der Waals surface area contributed by atoms with E-state index in [4.69, 9.17) is 11.0 Å². The van der Waals surface area contributed by atoms with Crippen molar-refractivity contribution in [3.05, 3.63) is 18.2 Å². The molecular formula is C9H11N3S. The Morgan fingerprint density at radius 2 is 2.38 bits per heavy atom. The van der Waals surface area contributed by atoms with E-state index in [1.165, 1.54) is 0 Å². The Morgan fingerprint density at radius 3 is 3.08 bits per heavy atom. The molecule has 13 heavy (non-hydrogen) atoms. The molecule has 0 spiro atoms. The smallest absolute Gasteiger partial charge is 0.124 e. The van der Waals surface area contributed by atoms with Gasteiger partial charge in [0.25, 0.3) is 0 Å². The summed E-state index contributed by atoms with van der Waals surface area (Å²) in [7, 11) is 0. The average Bonchev–Trinajstić information content (AvgIpc) is 2.13. The van der Waals surface area contributed by atoms with Crippen molar-refractivity contribution in [1.82, 2.24) is 4.98 Å². The molecular weight excluding hydrogens is 182 g/mol. The maximum absolute atomic E-state index is 8.31. The molecule has 0 saturated carbocycles. The van der Waals surface area contributed by atoms with Gasteiger partial charge < -0.3 is 5.73 Å². The summed E-state index contributed by atoms with van der Waals surface area (Å²) in [6.45, 7) is 0. The lowest BCUT2D eigenvalue weighted by Gasteiger charge is -1.99. The predicted molar refractivity (Wildman–Crippen MR) is 54.2 cm³/mol. The Hall–Kier alpha value is -1.21. The van der Waals surface area contributed by atoms with Crippen LogP contribution in [0.1, 0.15) is 12.8 Å². The second-order valence-electron chi connectivity index (χ2n) is 2.51. The fourth-order valence-electron chi connectivity index (χ4n) is 0.839. The third-order valence-corrected chi connectivity index (χ3v) is 2.44. The van der Waals surface area contributed by atoms with Crippen molar-refractivity contribution < 1.29 is 0 Å². The summed E-state index contributed by atoms with van der Waals surface area (Å²) in [6, 6.07) is 7.68.